The molecule has 2 aromatic carbocycles. The molecule has 1 aliphatic heterocycles. The van der Waals surface area contributed by atoms with Crippen LogP contribution in [0, 0.1) is 0 Å². The van der Waals surface area contributed by atoms with Gasteiger partial charge in [-0.15, -0.1) is 0 Å². The highest BCUT2D eigenvalue weighted by Crippen LogP contribution is 2.42. The third kappa shape index (κ3) is 2.94. The van der Waals surface area contributed by atoms with Gasteiger partial charge in [0.1, 0.15) is 5.75 Å². The van der Waals surface area contributed by atoms with Gasteiger partial charge in [-0.05, 0) is 36.2 Å². The Morgan fingerprint density at radius 3 is 2.67 bits per heavy atom. The molecule has 0 spiro atoms. The lowest BCUT2D eigenvalue weighted by Crippen LogP contribution is -2.17. The van der Waals surface area contributed by atoms with E-state index in [2.05, 4.69) is 20.9 Å². The van der Waals surface area contributed by atoms with Gasteiger partial charge in [-0.2, -0.15) is 0 Å². The van der Waals surface area contributed by atoms with Crippen LogP contribution in [0.15, 0.2) is 33.7 Å². The maximum Gasteiger partial charge on any atom is 0.201 e. The number of benzene rings is 2. The molecule has 126 valence electrons. The second kappa shape index (κ2) is 6.73. The van der Waals surface area contributed by atoms with Gasteiger partial charge >= 0.3 is 0 Å². The normalized spacial score (nSPS) is 13.2. The Hall–Kier alpha value is -2.21. The van der Waals surface area contributed by atoms with Gasteiger partial charge in [0.15, 0.2) is 11.5 Å². The van der Waals surface area contributed by atoms with Crippen LogP contribution in [0.5, 0.6) is 23.0 Å². The Morgan fingerprint density at radius 2 is 1.96 bits per heavy atom. The molecule has 5 nitrogen and oxygen atoms in total. The fraction of sp³-hybridized carbons (Fsp3) is 0.278. The van der Waals surface area contributed by atoms with Crippen molar-refractivity contribution in [2.45, 2.75) is 12.8 Å². The Morgan fingerprint density at radius 1 is 1.17 bits per heavy atom. The molecule has 0 atom stereocenters. The fourth-order valence-corrected chi connectivity index (χ4v) is 3.35. The fourth-order valence-electron chi connectivity index (χ4n) is 2.96. The molecule has 0 unspecified atom stereocenters. The summed E-state index contributed by atoms with van der Waals surface area (Å²) in [6, 6.07) is 6.96. The minimum atomic E-state index is 0.0125. The quantitative estimate of drug-likeness (QED) is 0.836. The van der Waals surface area contributed by atoms with E-state index in [1.54, 1.807) is 18.2 Å². The van der Waals surface area contributed by atoms with Gasteiger partial charge in [0, 0.05) is 34.3 Å². The summed E-state index contributed by atoms with van der Waals surface area (Å²) in [6.07, 6.45) is 1.25. The van der Waals surface area contributed by atoms with Crippen molar-refractivity contribution in [3.05, 3.63) is 45.4 Å². The Kier molecular flexibility index (Phi) is 4.66. The average Bonchev–Trinajstić information content (AvgIpc) is 2.58. The monoisotopic (exact) mass is 391 g/mol. The van der Waals surface area contributed by atoms with E-state index in [9.17, 15) is 10.2 Å². The molecule has 2 aromatic rings. The molecular weight excluding hydrogens is 374 g/mol. The third-order valence-electron chi connectivity index (χ3n) is 4.11. The second-order valence-electron chi connectivity index (χ2n) is 5.52. The van der Waals surface area contributed by atoms with Gasteiger partial charge in [-0.25, -0.2) is 0 Å². The summed E-state index contributed by atoms with van der Waals surface area (Å²) in [5.41, 5.74) is 3.65. The Labute approximate surface area is 148 Å². The molecular formula is C18H18BrNO4. The number of fused-ring (bicyclic) bond motifs is 1. The standard InChI is InChI=1S/C18H18BrNO4/c1-23-16-9-13-12(18(24-2)17(16)22)5-6-20-15(13)8-10-7-11(21)3-4-14(10)19/h3-4,7,9,21-22H,5-6,8H2,1-2H3. The van der Waals surface area contributed by atoms with E-state index in [1.807, 2.05) is 6.07 Å². The number of phenols is 2. The summed E-state index contributed by atoms with van der Waals surface area (Å²) >= 11 is 3.51. The second-order valence-corrected chi connectivity index (χ2v) is 6.37. The minimum absolute atomic E-state index is 0.0125. The number of nitrogens with zero attached hydrogens (tertiary/aromatic N) is 1. The van der Waals surface area contributed by atoms with Crippen LogP contribution >= 0.6 is 15.9 Å². The first-order valence-corrected chi connectivity index (χ1v) is 8.32. The molecule has 0 aromatic heterocycles. The number of ether oxygens (including phenoxy) is 2. The van der Waals surface area contributed by atoms with Gasteiger partial charge in [-0.3, -0.25) is 4.99 Å². The lowest BCUT2D eigenvalue weighted by molar-refractivity contribution is 0.337. The highest BCUT2D eigenvalue weighted by Gasteiger charge is 2.24. The number of phenolic OH excluding ortho intramolecular Hbond substituents is 2. The number of hydrogen-bond acceptors (Lipinski definition) is 5. The number of methoxy groups -OCH3 is 2. The van der Waals surface area contributed by atoms with Crippen molar-refractivity contribution in [3.8, 4) is 23.0 Å². The predicted octanol–water partition coefficient (Wildman–Crippen LogP) is 3.47. The number of hydrogen-bond donors (Lipinski definition) is 2. The molecule has 0 fully saturated rings. The zero-order chi connectivity index (χ0) is 17.3. The zero-order valence-electron chi connectivity index (χ0n) is 13.5. The van der Waals surface area contributed by atoms with Gasteiger partial charge in [0.25, 0.3) is 0 Å². The molecule has 3 rings (SSSR count). The molecule has 1 heterocycles. The van der Waals surface area contributed by atoms with Crippen LogP contribution in [0.2, 0.25) is 0 Å². The van der Waals surface area contributed by atoms with Crippen molar-refractivity contribution in [1.29, 1.82) is 0 Å². The number of halogens is 1. The van der Waals surface area contributed by atoms with Crippen molar-refractivity contribution in [3.63, 3.8) is 0 Å². The van der Waals surface area contributed by atoms with E-state index in [-0.39, 0.29) is 11.5 Å². The van der Waals surface area contributed by atoms with Crippen molar-refractivity contribution in [2.24, 2.45) is 4.99 Å². The van der Waals surface area contributed by atoms with Crippen LogP contribution in [-0.2, 0) is 12.8 Å². The van der Waals surface area contributed by atoms with Crippen molar-refractivity contribution in [1.82, 2.24) is 0 Å². The molecule has 2 N–H and O–H groups in total. The summed E-state index contributed by atoms with van der Waals surface area (Å²) in [6.45, 7) is 0.626. The van der Waals surface area contributed by atoms with Crippen molar-refractivity contribution >= 4 is 21.6 Å². The molecule has 1 aliphatic rings. The van der Waals surface area contributed by atoms with E-state index >= 15 is 0 Å². The van der Waals surface area contributed by atoms with Gasteiger partial charge in [-0.1, -0.05) is 15.9 Å². The lowest BCUT2D eigenvalue weighted by atomic mass is 9.92. The molecule has 0 saturated carbocycles. The highest BCUT2D eigenvalue weighted by atomic mass is 79.9. The molecule has 24 heavy (non-hydrogen) atoms. The Bertz CT molecular complexity index is 817. The largest absolute Gasteiger partial charge is 0.508 e. The number of aromatic hydroxyl groups is 2. The summed E-state index contributed by atoms with van der Waals surface area (Å²) in [5.74, 6) is 1.02. The van der Waals surface area contributed by atoms with E-state index in [1.165, 1.54) is 14.2 Å². The van der Waals surface area contributed by atoms with Crippen LogP contribution in [-0.4, -0.2) is 36.7 Å². The van der Waals surface area contributed by atoms with Crippen LogP contribution in [0.1, 0.15) is 16.7 Å². The molecule has 0 amide bonds. The first-order valence-electron chi connectivity index (χ1n) is 7.53. The molecule has 0 bridgehead atoms. The number of rotatable bonds is 4. The highest BCUT2D eigenvalue weighted by molar-refractivity contribution is 9.10. The molecule has 6 heteroatoms. The summed E-state index contributed by atoms with van der Waals surface area (Å²) < 4.78 is 11.6. The van der Waals surface area contributed by atoms with E-state index in [0.29, 0.717) is 30.9 Å². The van der Waals surface area contributed by atoms with E-state index < -0.39 is 0 Å². The van der Waals surface area contributed by atoms with Crippen LogP contribution in [0.25, 0.3) is 0 Å². The summed E-state index contributed by atoms with van der Waals surface area (Å²) in [4.78, 5) is 4.64. The zero-order valence-corrected chi connectivity index (χ0v) is 15.1. The molecule has 0 radical (unpaired) electrons. The van der Waals surface area contributed by atoms with Crippen molar-refractivity contribution in [2.75, 3.05) is 20.8 Å². The number of aliphatic imine (C=N–C) groups is 1. The van der Waals surface area contributed by atoms with E-state index in [4.69, 9.17) is 9.47 Å². The minimum Gasteiger partial charge on any atom is -0.508 e. The van der Waals surface area contributed by atoms with Crippen LogP contribution < -0.4 is 9.47 Å². The van der Waals surface area contributed by atoms with Gasteiger partial charge in [0.05, 0.1) is 14.2 Å². The maximum absolute atomic E-state index is 10.3. The van der Waals surface area contributed by atoms with E-state index in [0.717, 1.165) is 26.9 Å². The topological polar surface area (TPSA) is 71.3 Å². The summed E-state index contributed by atoms with van der Waals surface area (Å²) in [5, 5.41) is 20.0. The SMILES string of the molecule is COc1cc2c(c(OC)c1O)CCN=C2Cc1cc(O)ccc1Br. The lowest BCUT2D eigenvalue weighted by Gasteiger charge is -2.22. The average molecular weight is 392 g/mol. The van der Waals surface area contributed by atoms with Crippen LogP contribution in [0.3, 0.4) is 0 Å². The summed E-state index contributed by atoms with van der Waals surface area (Å²) in [7, 11) is 3.04. The van der Waals surface area contributed by atoms with Gasteiger partial charge < -0.3 is 19.7 Å². The molecule has 0 saturated heterocycles. The third-order valence-corrected chi connectivity index (χ3v) is 4.88. The predicted molar refractivity (Wildman–Crippen MR) is 95.8 cm³/mol. The smallest absolute Gasteiger partial charge is 0.201 e. The van der Waals surface area contributed by atoms with Crippen LogP contribution in [0.4, 0.5) is 0 Å². The maximum atomic E-state index is 10.3. The van der Waals surface area contributed by atoms with Crippen molar-refractivity contribution < 1.29 is 19.7 Å². The van der Waals surface area contributed by atoms with Gasteiger partial charge in [0.2, 0.25) is 5.75 Å². The Balaban J connectivity index is 2.07. The first kappa shape index (κ1) is 16.6. The molecule has 0 aliphatic carbocycles. The first-order chi connectivity index (χ1) is 11.5.